The fourth-order valence-electron chi connectivity index (χ4n) is 1.96. The zero-order valence-corrected chi connectivity index (χ0v) is 12.8. The quantitative estimate of drug-likeness (QED) is 0.700. The van der Waals surface area contributed by atoms with E-state index in [1.54, 1.807) is 18.2 Å². The van der Waals surface area contributed by atoms with Crippen molar-refractivity contribution in [2.45, 2.75) is 0 Å². The van der Waals surface area contributed by atoms with Gasteiger partial charge in [-0.2, -0.15) is 0 Å². The Bertz CT molecular complexity index is 883. The van der Waals surface area contributed by atoms with Gasteiger partial charge in [0.05, 0.1) is 10.2 Å². The molecule has 2 N–H and O–H groups in total. The van der Waals surface area contributed by atoms with Crippen molar-refractivity contribution in [1.29, 1.82) is 0 Å². The number of thiazole rings is 1. The van der Waals surface area contributed by atoms with E-state index in [4.69, 9.17) is 0 Å². The molecule has 3 nitrogen and oxygen atoms in total. The van der Waals surface area contributed by atoms with Crippen LogP contribution in [0.2, 0.25) is 0 Å². The van der Waals surface area contributed by atoms with Crippen molar-refractivity contribution in [2.75, 3.05) is 12.4 Å². The van der Waals surface area contributed by atoms with E-state index in [2.05, 4.69) is 22.1 Å². The molecule has 0 spiro atoms. The Labute approximate surface area is 133 Å². The molecule has 2 aromatic carbocycles. The first-order valence-corrected chi connectivity index (χ1v) is 7.62. The van der Waals surface area contributed by atoms with Crippen LogP contribution in [0.4, 0.5) is 5.69 Å². The highest BCUT2D eigenvalue weighted by molar-refractivity contribution is 7.19. The van der Waals surface area contributed by atoms with Crippen molar-refractivity contribution >= 4 is 33.3 Å². The molecule has 0 fully saturated rings. The number of aromatic hydroxyl groups is 1. The molecule has 0 atom stereocenters. The fraction of sp³-hybridized carbons (Fsp3) is 0.0556. The number of phenolic OH excluding ortho intramolecular Hbond substituents is 1. The second kappa shape index (κ2) is 6.33. The normalized spacial score (nSPS) is 10.6. The van der Waals surface area contributed by atoms with Crippen molar-refractivity contribution in [3.05, 3.63) is 59.1 Å². The number of aromatic nitrogens is 1. The number of nitrogens with one attached hydrogen (secondary N) is 1. The summed E-state index contributed by atoms with van der Waals surface area (Å²) in [6.45, 7) is 0. The van der Waals surface area contributed by atoms with E-state index in [0.717, 1.165) is 26.5 Å². The lowest BCUT2D eigenvalue weighted by Gasteiger charge is -1.97. The maximum absolute atomic E-state index is 9.45. The van der Waals surface area contributed by atoms with Crippen molar-refractivity contribution in [3.63, 3.8) is 0 Å². The molecule has 3 aromatic rings. The molecule has 0 aliphatic rings. The van der Waals surface area contributed by atoms with E-state index < -0.39 is 0 Å². The van der Waals surface area contributed by atoms with Crippen molar-refractivity contribution in [1.82, 2.24) is 4.98 Å². The van der Waals surface area contributed by atoms with E-state index in [0.29, 0.717) is 0 Å². The van der Waals surface area contributed by atoms with Crippen molar-refractivity contribution < 1.29 is 5.11 Å². The van der Waals surface area contributed by atoms with E-state index in [-0.39, 0.29) is 5.75 Å². The first-order valence-electron chi connectivity index (χ1n) is 6.80. The van der Waals surface area contributed by atoms with Crippen LogP contribution in [-0.4, -0.2) is 17.1 Å². The van der Waals surface area contributed by atoms with Gasteiger partial charge in [-0.05, 0) is 54.6 Å². The zero-order chi connectivity index (χ0) is 15.4. The molecule has 0 aliphatic carbocycles. The Morgan fingerprint density at radius 1 is 1.18 bits per heavy atom. The van der Waals surface area contributed by atoms with Gasteiger partial charge in [0, 0.05) is 18.3 Å². The van der Waals surface area contributed by atoms with Crippen LogP contribution in [0, 0.1) is 11.8 Å². The highest BCUT2D eigenvalue weighted by atomic mass is 32.1. The minimum atomic E-state index is 0.261. The smallest absolute Gasteiger partial charge is 0.117 e. The molecular formula is C18H14N2OS. The summed E-state index contributed by atoms with van der Waals surface area (Å²) < 4.78 is 0.968. The van der Waals surface area contributed by atoms with Crippen LogP contribution in [0.5, 0.6) is 5.75 Å². The van der Waals surface area contributed by atoms with Gasteiger partial charge in [0.15, 0.2) is 0 Å². The Kier molecular flexibility index (Phi) is 4.08. The highest BCUT2D eigenvalue weighted by Crippen LogP contribution is 2.26. The van der Waals surface area contributed by atoms with Crippen LogP contribution in [-0.2, 0) is 0 Å². The topological polar surface area (TPSA) is 45.2 Å². The van der Waals surface area contributed by atoms with Gasteiger partial charge < -0.3 is 10.4 Å². The maximum Gasteiger partial charge on any atom is 0.117 e. The number of fused-ring (bicyclic) bond motifs is 1. The number of rotatable bonds is 2. The van der Waals surface area contributed by atoms with Crippen LogP contribution < -0.4 is 5.32 Å². The lowest BCUT2D eigenvalue weighted by atomic mass is 10.2. The summed E-state index contributed by atoms with van der Waals surface area (Å²) in [7, 11) is 1.89. The van der Waals surface area contributed by atoms with E-state index in [9.17, 15) is 5.11 Å². The monoisotopic (exact) mass is 306 g/mol. The molecule has 0 saturated carbocycles. The van der Waals surface area contributed by atoms with E-state index in [1.165, 1.54) is 11.3 Å². The molecule has 0 aliphatic heterocycles. The van der Waals surface area contributed by atoms with Gasteiger partial charge in [-0.15, -0.1) is 11.3 Å². The van der Waals surface area contributed by atoms with Crippen molar-refractivity contribution in [3.8, 4) is 17.6 Å². The number of hydrogen-bond acceptors (Lipinski definition) is 4. The standard InChI is InChI=1S/C18H14N2OS/c1-19-14-8-6-13(7-9-14)4-2-3-5-18-20-16-11-10-15(21)12-17(16)22-18/h3,5-12,19,21H,1H3/b5-3+. The molecular weight excluding hydrogens is 292 g/mol. The second-order valence-electron chi connectivity index (χ2n) is 4.63. The Balaban J connectivity index is 1.74. The molecule has 0 bridgehead atoms. The van der Waals surface area contributed by atoms with Gasteiger partial charge >= 0.3 is 0 Å². The minimum absolute atomic E-state index is 0.261. The zero-order valence-electron chi connectivity index (χ0n) is 12.0. The highest BCUT2D eigenvalue weighted by Gasteiger charge is 2.01. The third-order valence-corrected chi connectivity index (χ3v) is 4.07. The lowest BCUT2D eigenvalue weighted by Crippen LogP contribution is -1.86. The second-order valence-corrected chi connectivity index (χ2v) is 5.70. The average Bonchev–Trinajstić information content (AvgIpc) is 2.94. The van der Waals surface area contributed by atoms with Gasteiger partial charge in [-0.3, -0.25) is 0 Å². The number of anilines is 1. The summed E-state index contributed by atoms with van der Waals surface area (Å²) in [5.74, 6) is 6.35. The van der Waals surface area contributed by atoms with Crippen molar-refractivity contribution in [2.24, 2.45) is 0 Å². The SMILES string of the molecule is CNc1ccc(C#C/C=C/c2nc3ccc(O)cc3s2)cc1. The predicted molar refractivity (Wildman–Crippen MR) is 93.2 cm³/mol. The molecule has 108 valence electrons. The Morgan fingerprint density at radius 2 is 2.00 bits per heavy atom. The number of nitrogens with zero attached hydrogens (tertiary/aromatic N) is 1. The van der Waals surface area contributed by atoms with Gasteiger partial charge in [0.1, 0.15) is 10.8 Å². The van der Waals surface area contributed by atoms with Crippen LogP contribution in [0.15, 0.2) is 48.5 Å². The largest absolute Gasteiger partial charge is 0.508 e. The molecule has 0 unspecified atom stereocenters. The Hall–Kier alpha value is -2.77. The molecule has 0 radical (unpaired) electrons. The summed E-state index contributed by atoms with van der Waals surface area (Å²) in [6, 6.07) is 13.1. The first kappa shape index (κ1) is 14.2. The van der Waals surface area contributed by atoms with E-state index in [1.807, 2.05) is 43.5 Å². The first-order chi connectivity index (χ1) is 10.7. The number of benzene rings is 2. The predicted octanol–water partition coefficient (Wildman–Crippen LogP) is 4.11. The van der Waals surface area contributed by atoms with Crippen LogP contribution in [0.3, 0.4) is 0 Å². The number of hydrogen-bond donors (Lipinski definition) is 2. The Morgan fingerprint density at radius 3 is 2.77 bits per heavy atom. The summed E-state index contributed by atoms with van der Waals surface area (Å²) in [5.41, 5.74) is 2.93. The summed E-state index contributed by atoms with van der Waals surface area (Å²) in [5, 5.41) is 13.4. The van der Waals surface area contributed by atoms with Crippen LogP contribution in [0.25, 0.3) is 16.3 Å². The number of allylic oxidation sites excluding steroid dienone is 1. The average molecular weight is 306 g/mol. The molecule has 1 aromatic heterocycles. The molecule has 4 heteroatoms. The van der Waals surface area contributed by atoms with Crippen LogP contribution in [0.1, 0.15) is 10.6 Å². The van der Waals surface area contributed by atoms with Gasteiger partial charge in [-0.25, -0.2) is 4.98 Å². The minimum Gasteiger partial charge on any atom is -0.508 e. The molecule has 0 saturated heterocycles. The lowest BCUT2D eigenvalue weighted by molar-refractivity contribution is 0.476. The van der Waals surface area contributed by atoms with E-state index >= 15 is 0 Å². The molecule has 0 amide bonds. The third kappa shape index (κ3) is 3.27. The molecule has 22 heavy (non-hydrogen) atoms. The molecule has 1 heterocycles. The van der Waals surface area contributed by atoms with Gasteiger partial charge in [0.2, 0.25) is 0 Å². The summed E-state index contributed by atoms with van der Waals surface area (Å²) >= 11 is 1.53. The van der Waals surface area contributed by atoms with Gasteiger partial charge in [0.25, 0.3) is 0 Å². The van der Waals surface area contributed by atoms with Crippen LogP contribution >= 0.6 is 11.3 Å². The van der Waals surface area contributed by atoms with Gasteiger partial charge in [-0.1, -0.05) is 11.8 Å². The number of phenols is 1. The third-order valence-electron chi connectivity index (χ3n) is 3.09. The fourth-order valence-corrected chi connectivity index (χ4v) is 2.86. The summed E-state index contributed by atoms with van der Waals surface area (Å²) in [4.78, 5) is 4.47. The summed E-state index contributed by atoms with van der Waals surface area (Å²) in [6.07, 6.45) is 3.68. The maximum atomic E-state index is 9.45. The molecule has 3 rings (SSSR count).